The van der Waals surface area contributed by atoms with Gasteiger partial charge in [0.1, 0.15) is 6.61 Å². The number of halogens is 1. The van der Waals surface area contributed by atoms with Crippen LogP contribution in [-0.2, 0) is 11.4 Å². The van der Waals surface area contributed by atoms with Crippen molar-refractivity contribution < 1.29 is 4.84 Å². The predicted octanol–water partition coefficient (Wildman–Crippen LogP) is 3.50. The summed E-state index contributed by atoms with van der Waals surface area (Å²) in [6.07, 6.45) is 1.76. The Morgan fingerprint density at radius 2 is 2.14 bits per heavy atom. The van der Waals surface area contributed by atoms with Gasteiger partial charge in [-0.2, -0.15) is 0 Å². The minimum Gasteiger partial charge on any atom is -0.391 e. The molecule has 0 fully saturated rings. The Morgan fingerprint density at radius 1 is 1.43 bits per heavy atom. The highest BCUT2D eigenvalue weighted by Gasteiger charge is 1.97. The number of benzene rings is 1. The van der Waals surface area contributed by atoms with Crippen LogP contribution in [-0.4, -0.2) is 6.21 Å². The van der Waals surface area contributed by atoms with E-state index in [1.807, 2.05) is 38.1 Å². The van der Waals surface area contributed by atoms with Gasteiger partial charge in [-0.25, -0.2) is 0 Å². The molecule has 2 nitrogen and oxygen atoms in total. The van der Waals surface area contributed by atoms with Crippen molar-refractivity contribution in [1.29, 1.82) is 0 Å². The molecule has 1 rings (SSSR count). The molecule has 0 atom stereocenters. The van der Waals surface area contributed by atoms with Gasteiger partial charge in [-0.05, 0) is 12.0 Å². The molecule has 1 aromatic rings. The molecule has 0 N–H and O–H groups in total. The van der Waals surface area contributed by atoms with Crippen LogP contribution in [0.15, 0.2) is 29.4 Å². The van der Waals surface area contributed by atoms with Crippen molar-refractivity contribution in [3.8, 4) is 0 Å². The second-order valence-corrected chi connectivity index (χ2v) is 3.77. The fourth-order valence-corrected chi connectivity index (χ4v) is 1.08. The molecule has 1 aromatic carbocycles. The molecule has 0 saturated heterocycles. The molecule has 3 heteroatoms. The SMILES string of the molecule is CC(C)C=NOCc1ccccc1Cl. The average molecular weight is 212 g/mol. The molecule has 0 aromatic heterocycles. The molecule has 76 valence electrons. The van der Waals surface area contributed by atoms with E-state index in [1.54, 1.807) is 6.21 Å². The molecule has 0 aliphatic carbocycles. The molecule has 0 aliphatic heterocycles. The van der Waals surface area contributed by atoms with Gasteiger partial charge in [-0.3, -0.25) is 0 Å². The van der Waals surface area contributed by atoms with Crippen molar-refractivity contribution in [2.24, 2.45) is 11.1 Å². The Morgan fingerprint density at radius 3 is 2.79 bits per heavy atom. The van der Waals surface area contributed by atoms with Gasteiger partial charge in [0.05, 0.1) is 0 Å². The molecule has 0 aliphatic rings. The molecule has 0 spiro atoms. The Balaban J connectivity index is 2.42. The van der Waals surface area contributed by atoms with Crippen LogP contribution in [0.25, 0.3) is 0 Å². The van der Waals surface area contributed by atoms with Gasteiger partial charge in [0, 0.05) is 16.8 Å². The normalized spacial score (nSPS) is 11.1. The Labute approximate surface area is 89.5 Å². The van der Waals surface area contributed by atoms with Crippen LogP contribution in [0, 0.1) is 5.92 Å². The van der Waals surface area contributed by atoms with E-state index in [2.05, 4.69) is 5.16 Å². The first-order chi connectivity index (χ1) is 6.70. The van der Waals surface area contributed by atoms with E-state index < -0.39 is 0 Å². The Hall–Kier alpha value is -1.02. The number of rotatable bonds is 4. The third kappa shape index (κ3) is 3.79. The zero-order valence-corrected chi connectivity index (χ0v) is 9.16. The summed E-state index contributed by atoms with van der Waals surface area (Å²) in [5.74, 6) is 0.404. The first kappa shape index (κ1) is 11.1. The lowest BCUT2D eigenvalue weighted by Crippen LogP contribution is -1.91. The zero-order chi connectivity index (χ0) is 10.4. The van der Waals surface area contributed by atoms with Crippen molar-refractivity contribution in [1.82, 2.24) is 0 Å². The summed E-state index contributed by atoms with van der Waals surface area (Å²) >= 11 is 5.93. The summed E-state index contributed by atoms with van der Waals surface area (Å²) in [5, 5.41) is 4.54. The highest BCUT2D eigenvalue weighted by atomic mass is 35.5. The number of oxime groups is 1. The molecule has 0 amide bonds. The lowest BCUT2D eigenvalue weighted by Gasteiger charge is -2.02. The Kier molecular flexibility index (Phi) is 4.47. The smallest absolute Gasteiger partial charge is 0.143 e. The number of nitrogens with zero attached hydrogens (tertiary/aromatic N) is 1. The van der Waals surface area contributed by atoms with Gasteiger partial charge in [0.15, 0.2) is 0 Å². The van der Waals surface area contributed by atoms with Crippen LogP contribution >= 0.6 is 11.6 Å². The van der Waals surface area contributed by atoms with Gasteiger partial charge in [0.2, 0.25) is 0 Å². The van der Waals surface area contributed by atoms with Crippen LogP contribution in [0.4, 0.5) is 0 Å². The topological polar surface area (TPSA) is 21.6 Å². The minimum atomic E-state index is 0.404. The van der Waals surface area contributed by atoms with E-state index in [0.29, 0.717) is 17.5 Å². The third-order valence-corrected chi connectivity index (χ3v) is 1.98. The summed E-state index contributed by atoms with van der Waals surface area (Å²) in [6.45, 7) is 4.51. The van der Waals surface area contributed by atoms with Gasteiger partial charge >= 0.3 is 0 Å². The minimum absolute atomic E-state index is 0.404. The first-order valence-electron chi connectivity index (χ1n) is 4.59. The first-order valence-corrected chi connectivity index (χ1v) is 4.97. The fraction of sp³-hybridized carbons (Fsp3) is 0.364. The summed E-state index contributed by atoms with van der Waals surface area (Å²) in [4.78, 5) is 5.10. The second-order valence-electron chi connectivity index (χ2n) is 3.36. The van der Waals surface area contributed by atoms with Crippen LogP contribution in [0.5, 0.6) is 0 Å². The summed E-state index contributed by atoms with van der Waals surface area (Å²) in [6, 6.07) is 7.58. The molecule has 0 radical (unpaired) electrons. The third-order valence-electron chi connectivity index (χ3n) is 1.61. The quantitative estimate of drug-likeness (QED) is 0.552. The highest BCUT2D eigenvalue weighted by molar-refractivity contribution is 6.31. The fourth-order valence-electron chi connectivity index (χ4n) is 0.887. The summed E-state index contributed by atoms with van der Waals surface area (Å²) < 4.78 is 0. The summed E-state index contributed by atoms with van der Waals surface area (Å²) in [5.41, 5.74) is 0.954. The molecule has 14 heavy (non-hydrogen) atoms. The van der Waals surface area contributed by atoms with E-state index >= 15 is 0 Å². The van der Waals surface area contributed by atoms with Crippen LogP contribution in [0.2, 0.25) is 5.02 Å². The Bertz CT molecular complexity index is 310. The van der Waals surface area contributed by atoms with Gasteiger partial charge in [0.25, 0.3) is 0 Å². The molecule has 0 heterocycles. The van der Waals surface area contributed by atoms with E-state index in [0.717, 1.165) is 5.56 Å². The van der Waals surface area contributed by atoms with Crippen molar-refractivity contribution in [3.05, 3.63) is 34.9 Å². The van der Waals surface area contributed by atoms with Crippen LogP contribution in [0.3, 0.4) is 0 Å². The number of hydrogen-bond acceptors (Lipinski definition) is 2. The molecule has 0 saturated carbocycles. The van der Waals surface area contributed by atoms with Crippen molar-refractivity contribution in [2.45, 2.75) is 20.5 Å². The summed E-state index contributed by atoms with van der Waals surface area (Å²) in [7, 11) is 0. The predicted molar refractivity (Wildman–Crippen MR) is 59.6 cm³/mol. The average Bonchev–Trinajstić information content (AvgIpc) is 2.15. The van der Waals surface area contributed by atoms with Gasteiger partial charge in [-0.15, -0.1) is 0 Å². The lowest BCUT2D eigenvalue weighted by atomic mass is 10.2. The van der Waals surface area contributed by atoms with Gasteiger partial charge in [-0.1, -0.05) is 48.8 Å². The van der Waals surface area contributed by atoms with Crippen molar-refractivity contribution >= 4 is 17.8 Å². The lowest BCUT2D eigenvalue weighted by molar-refractivity contribution is 0.131. The number of hydrogen-bond donors (Lipinski definition) is 0. The van der Waals surface area contributed by atoms with Crippen molar-refractivity contribution in [2.75, 3.05) is 0 Å². The van der Waals surface area contributed by atoms with E-state index in [4.69, 9.17) is 16.4 Å². The van der Waals surface area contributed by atoms with Crippen LogP contribution in [0.1, 0.15) is 19.4 Å². The largest absolute Gasteiger partial charge is 0.391 e. The second kappa shape index (κ2) is 5.66. The van der Waals surface area contributed by atoms with E-state index in [-0.39, 0.29) is 0 Å². The maximum atomic E-state index is 5.93. The molecule has 0 bridgehead atoms. The van der Waals surface area contributed by atoms with E-state index in [9.17, 15) is 0 Å². The molecule has 0 unspecified atom stereocenters. The molecular weight excluding hydrogens is 198 g/mol. The monoisotopic (exact) mass is 211 g/mol. The van der Waals surface area contributed by atoms with Gasteiger partial charge < -0.3 is 4.84 Å². The van der Waals surface area contributed by atoms with Crippen LogP contribution < -0.4 is 0 Å². The van der Waals surface area contributed by atoms with E-state index in [1.165, 1.54) is 0 Å². The maximum absolute atomic E-state index is 5.93. The standard InChI is InChI=1S/C11H14ClNO/c1-9(2)7-13-14-8-10-5-3-4-6-11(10)12/h3-7,9H,8H2,1-2H3. The molecular formula is C11H14ClNO. The van der Waals surface area contributed by atoms with Crippen molar-refractivity contribution in [3.63, 3.8) is 0 Å². The maximum Gasteiger partial charge on any atom is 0.143 e. The zero-order valence-electron chi connectivity index (χ0n) is 8.40. The highest BCUT2D eigenvalue weighted by Crippen LogP contribution is 2.15.